The van der Waals surface area contributed by atoms with Crippen LogP contribution in [0, 0.1) is 23.2 Å². The van der Waals surface area contributed by atoms with E-state index >= 15 is 0 Å². The molecular weight excluding hydrogens is 250 g/mol. The van der Waals surface area contributed by atoms with Gasteiger partial charge in [-0.1, -0.05) is 13.8 Å². The third kappa shape index (κ3) is 2.75. The van der Waals surface area contributed by atoms with Gasteiger partial charge in [-0.15, -0.1) is 0 Å². The van der Waals surface area contributed by atoms with Gasteiger partial charge in [0.2, 0.25) is 5.95 Å². The number of hydrogen-bond donors (Lipinski definition) is 0. The summed E-state index contributed by atoms with van der Waals surface area (Å²) in [5, 5.41) is 8.95. The first kappa shape index (κ1) is 13.3. The highest BCUT2D eigenvalue weighted by Crippen LogP contribution is 2.36. The van der Waals surface area contributed by atoms with E-state index in [1.807, 2.05) is 0 Å². The zero-order valence-electron chi connectivity index (χ0n) is 12.2. The topological polar surface area (TPSA) is 56.1 Å². The number of nitriles is 1. The summed E-state index contributed by atoms with van der Waals surface area (Å²) < 4.78 is 0. The molecule has 20 heavy (non-hydrogen) atoms. The Morgan fingerprint density at radius 2 is 2.10 bits per heavy atom. The summed E-state index contributed by atoms with van der Waals surface area (Å²) >= 11 is 0. The lowest BCUT2D eigenvalue weighted by Crippen LogP contribution is -2.33. The van der Waals surface area contributed by atoms with Gasteiger partial charge < -0.3 is 4.90 Å². The molecule has 5 nitrogen and oxygen atoms in total. The van der Waals surface area contributed by atoms with Crippen molar-refractivity contribution in [3.63, 3.8) is 0 Å². The first-order valence-electron chi connectivity index (χ1n) is 7.39. The van der Waals surface area contributed by atoms with Crippen molar-refractivity contribution < 1.29 is 0 Å². The molecule has 0 spiro atoms. The lowest BCUT2D eigenvalue weighted by atomic mass is 10.1. The van der Waals surface area contributed by atoms with Crippen LogP contribution in [0.2, 0.25) is 0 Å². The average Bonchev–Trinajstić information content (AvgIpc) is 3.21. The van der Waals surface area contributed by atoms with Crippen LogP contribution in [0.1, 0.15) is 26.0 Å². The molecule has 1 saturated heterocycles. The lowest BCUT2D eigenvalue weighted by molar-refractivity contribution is 0.246. The van der Waals surface area contributed by atoms with Crippen molar-refractivity contribution >= 4 is 5.95 Å². The smallest absolute Gasteiger partial charge is 0.226 e. The predicted octanol–water partition coefficient (Wildman–Crippen LogP) is 1.51. The van der Waals surface area contributed by atoms with E-state index in [9.17, 15) is 0 Å². The van der Waals surface area contributed by atoms with Gasteiger partial charge in [0, 0.05) is 38.4 Å². The van der Waals surface area contributed by atoms with Gasteiger partial charge in [0.15, 0.2) is 0 Å². The Hall–Kier alpha value is -1.67. The van der Waals surface area contributed by atoms with E-state index in [1.165, 1.54) is 6.42 Å². The molecule has 0 bridgehead atoms. The molecule has 0 N–H and O–H groups in total. The summed E-state index contributed by atoms with van der Waals surface area (Å²) in [5.74, 6) is 2.15. The summed E-state index contributed by atoms with van der Waals surface area (Å²) in [5.41, 5.74) is 0.444. The van der Waals surface area contributed by atoms with E-state index in [2.05, 4.69) is 39.7 Å². The molecule has 1 aromatic heterocycles. The zero-order chi connectivity index (χ0) is 14.1. The molecule has 3 atom stereocenters. The van der Waals surface area contributed by atoms with Crippen molar-refractivity contribution in [2.24, 2.45) is 11.8 Å². The van der Waals surface area contributed by atoms with Crippen LogP contribution in [0.5, 0.6) is 0 Å². The Morgan fingerprint density at radius 3 is 2.80 bits per heavy atom. The minimum atomic E-state index is 0.444. The third-order valence-corrected chi connectivity index (χ3v) is 4.31. The molecule has 0 radical (unpaired) electrons. The summed E-state index contributed by atoms with van der Waals surface area (Å²) in [6, 6.07) is 4.52. The van der Waals surface area contributed by atoms with Gasteiger partial charge in [-0.25, -0.2) is 9.97 Å². The zero-order valence-corrected chi connectivity index (χ0v) is 12.2. The summed E-state index contributed by atoms with van der Waals surface area (Å²) in [7, 11) is 0. The Labute approximate surface area is 120 Å². The standard InChI is InChI=1S/C15H21N5/c1-11-9-19(14-7-12(14)2)5-6-20(10-11)15-17-4-3-13(8-16)18-15/h3-4,11-12,14H,5-7,9-10H2,1-2H3/t11-,12-,14+/m0/s1. The molecule has 2 aliphatic rings. The molecule has 3 rings (SSSR count). The van der Waals surface area contributed by atoms with Crippen LogP contribution in [0.25, 0.3) is 0 Å². The molecule has 0 amide bonds. The average molecular weight is 271 g/mol. The Bertz CT molecular complexity index is 523. The van der Waals surface area contributed by atoms with Crippen molar-refractivity contribution in [3.05, 3.63) is 18.0 Å². The van der Waals surface area contributed by atoms with Crippen LogP contribution < -0.4 is 4.90 Å². The van der Waals surface area contributed by atoms with Gasteiger partial charge in [-0.3, -0.25) is 4.90 Å². The fraction of sp³-hybridized carbons (Fsp3) is 0.667. The van der Waals surface area contributed by atoms with Gasteiger partial charge in [-0.05, 0) is 24.3 Å². The molecule has 5 heteroatoms. The maximum atomic E-state index is 8.95. The van der Waals surface area contributed by atoms with Crippen LogP contribution in [-0.2, 0) is 0 Å². The van der Waals surface area contributed by atoms with Crippen LogP contribution in [-0.4, -0.2) is 47.1 Å². The quantitative estimate of drug-likeness (QED) is 0.816. The minimum absolute atomic E-state index is 0.444. The second-order valence-electron chi connectivity index (χ2n) is 6.18. The number of anilines is 1. The lowest BCUT2D eigenvalue weighted by Gasteiger charge is -2.21. The molecule has 2 fully saturated rings. The van der Waals surface area contributed by atoms with E-state index in [-0.39, 0.29) is 0 Å². The molecule has 106 valence electrons. The predicted molar refractivity (Wildman–Crippen MR) is 77.3 cm³/mol. The normalized spacial score (nSPS) is 30.6. The Kier molecular flexibility index (Phi) is 3.58. The Morgan fingerprint density at radius 1 is 1.30 bits per heavy atom. The van der Waals surface area contributed by atoms with Crippen molar-refractivity contribution in [1.82, 2.24) is 14.9 Å². The minimum Gasteiger partial charge on any atom is -0.339 e. The molecular formula is C15H21N5. The number of nitrogens with zero attached hydrogens (tertiary/aromatic N) is 5. The fourth-order valence-corrected chi connectivity index (χ4v) is 3.12. The summed E-state index contributed by atoms with van der Waals surface area (Å²) in [4.78, 5) is 13.5. The number of aromatic nitrogens is 2. The largest absolute Gasteiger partial charge is 0.339 e. The van der Waals surface area contributed by atoms with E-state index < -0.39 is 0 Å². The highest BCUT2D eigenvalue weighted by molar-refractivity contribution is 5.34. The maximum Gasteiger partial charge on any atom is 0.226 e. The van der Waals surface area contributed by atoms with Crippen LogP contribution in [0.3, 0.4) is 0 Å². The maximum absolute atomic E-state index is 8.95. The van der Waals surface area contributed by atoms with Gasteiger partial charge in [0.1, 0.15) is 11.8 Å². The van der Waals surface area contributed by atoms with Crippen molar-refractivity contribution in [2.75, 3.05) is 31.1 Å². The molecule has 1 aromatic rings. The molecule has 1 aliphatic heterocycles. The van der Waals surface area contributed by atoms with Gasteiger partial charge >= 0.3 is 0 Å². The van der Waals surface area contributed by atoms with Crippen molar-refractivity contribution in [3.8, 4) is 6.07 Å². The second-order valence-corrected chi connectivity index (χ2v) is 6.18. The second kappa shape index (κ2) is 5.37. The van der Waals surface area contributed by atoms with Gasteiger partial charge in [-0.2, -0.15) is 5.26 Å². The first-order valence-corrected chi connectivity index (χ1v) is 7.39. The SMILES string of the molecule is C[C@@H]1CN(c2nccc(C#N)n2)CCN([C@@H]2C[C@@H]2C)C1. The Balaban J connectivity index is 1.72. The third-order valence-electron chi connectivity index (χ3n) is 4.31. The molecule has 1 saturated carbocycles. The molecule has 2 heterocycles. The number of rotatable bonds is 2. The van der Waals surface area contributed by atoms with E-state index in [4.69, 9.17) is 5.26 Å². The molecule has 0 aromatic carbocycles. The van der Waals surface area contributed by atoms with Crippen LogP contribution in [0.4, 0.5) is 5.95 Å². The van der Waals surface area contributed by atoms with Gasteiger partial charge in [0.25, 0.3) is 0 Å². The number of hydrogen-bond acceptors (Lipinski definition) is 5. The van der Waals surface area contributed by atoms with Crippen LogP contribution >= 0.6 is 0 Å². The fourth-order valence-electron chi connectivity index (χ4n) is 3.12. The monoisotopic (exact) mass is 271 g/mol. The van der Waals surface area contributed by atoms with Crippen molar-refractivity contribution in [2.45, 2.75) is 26.3 Å². The van der Waals surface area contributed by atoms with E-state index in [0.717, 1.165) is 38.1 Å². The van der Waals surface area contributed by atoms with E-state index in [1.54, 1.807) is 12.3 Å². The van der Waals surface area contributed by atoms with Crippen LogP contribution in [0.15, 0.2) is 12.3 Å². The van der Waals surface area contributed by atoms with Gasteiger partial charge in [0.05, 0.1) is 0 Å². The summed E-state index contributed by atoms with van der Waals surface area (Å²) in [6.07, 6.45) is 3.02. The summed E-state index contributed by atoms with van der Waals surface area (Å²) in [6.45, 7) is 8.75. The van der Waals surface area contributed by atoms with E-state index in [0.29, 0.717) is 17.6 Å². The molecule has 1 aliphatic carbocycles. The highest BCUT2D eigenvalue weighted by atomic mass is 15.3. The van der Waals surface area contributed by atoms with Crippen molar-refractivity contribution in [1.29, 1.82) is 5.26 Å². The first-order chi connectivity index (χ1) is 9.67. The highest BCUT2D eigenvalue weighted by Gasteiger charge is 2.39. The molecule has 0 unspecified atom stereocenters.